The summed E-state index contributed by atoms with van der Waals surface area (Å²) in [5.74, 6) is 10.4. The predicted octanol–water partition coefficient (Wildman–Crippen LogP) is 6.78. The second-order valence-corrected chi connectivity index (χ2v) is 21.0. The molecule has 1 aliphatic carbocycles. The maximum atomic E-state index is 11.5. The third-order valence-corrected chi connectivity index (χ3v) is 12.9. The Morgan fingerprint density at radius 1 is 1.07 bits per heavy atom. The van der Waals surface area contributed by atoms with Crippen LogP contribution in [0.5, 0.6) is 0 Å². The second kappa shape index (κ2) is 9.64. The lowest BCUT2D eigenvalue weighted by molar-refractivity contribution is 0.209. The molecule has 152 valence electrons. The molecule has 1 nitrogen and oxygen atoms in total. The molecule has 1 N–H and O–H groups in total. The number of unbranched alkanes of at least 4 members (excludes halogenated alkanes) is 2. The van der Waals surface area contributed by atoms with E-state index in [-0.39, 0.29) is 10.6 Å². The molecule has 0 heterocycles. The molecular formula is C24H42OSi2. The summed E-state index contributed by atoms with van der Waals surface area (Å²) in [4.78, 5) is 0. The molecule has 0 radical (unpaired) electrons. The van der Waals surface area contributed by atoms with Crippen LogP contribution in [0.2, 0.25) is 43.3 Å². The Morgan fingerprint density at radius 2 is 1.70 bits per heavy atom. The van der Waals surface area contributed by atoms with Crippen LogP contribution in [-0.4, -0.2) is 27.4 Å². The first-order chi connectivity index (χ1) is 12.3. The van der Waals surface area contributed by atoms with Gasteiger partial charge in [0.1, 0.15) is 8.07 Å². The summed E-state index contributed by atoms with van der Waals surface area (Å²) in [5.41, 5.74) is 6.06. The van der Waals surface area contributed by atoms with Gasteiger partial charge in [0.2, 0.25) is 0 Å². The topological polar surface area (TPSA) is 20.2 Å². The van der Waals surface area contributed by atoms with E-state index in [9.17, 15) is 5.11 Å². The van der Waals surface area contributed by atoms with Crippen LogP contribution in [0.15, 0.2) is 11.1 Å². The van der Waals surface area contributed by atoms with Gasteiger partial charge in [-0.1, -0.05) is 78.7 Å². The highest BCUT2D eigenvalue weighted by Gasteiger charge is 2.46. The van der Waals surface area contributed by atoms with Crippen molar-refractivity contribution < 1.29 is 5.11 Å². The van der Waals surface area contributed by atoms with Crippen LogP contribution in [0.1, 0.15) is 66.2 Å². The molecule has 0 amide bonds. The lowest BCUT2D eigenvalue weighted by Gasteiger charge is -2.43. The number of hydrogen-bond donors (Lipinski definition) is 1. The summed E-state index contributed by atoms with van der Waals surface area (Å²) in [6, 6.07) is 0. The molecule has 0 aliphatic heterocycles. The number of rotatable bonds is 5. The Morgan fingerprint density at radius 3 is 2.22 bits per heavy atom. The maximum absolute atomic E-state index is 11.5. The minimum absolute atomic E-state index is 0.0739. The molecule has 0 unspecified atom stereocenters. The van der Waals surface area contributed by atoms with Crippen LogP contribution in [0, 0.1) is 23.3 Å². The summed E-state index contributed by atoms with van der Waals surface area (Å²) >= 11 is 0. The summed E-state index contributed by atoms with van der Waals surface area (Å²) in [6.45, 7) is 20.8. The Labute approximate surface area is 171 Å². The first kappa shape index (κ1) is 24.3. The van der Waals surface area contributed by atoms with Gasteiger partial charge in [-0.15, -0.1) is 11.5 Å². The van der Waals surface area contributed by atoms with Gasteiger partial charge in [0.25, 0.3) is 0 Å². The van der Waals surface area contributed by atoms with Crippen molar-refractivity contribution in [1.82, 2.24) is 0 Å². The Hall–Kier alpha value is -0.746. The molecule has 0 spiro atoms. The van der Waals surface area contributed by atoms with Crippen molar-refractivity contribution in [3.8, 4) is 23.3 Å². The zero-order chi connectivity index (χ0) is 20.9. The van der Waals surface area contributed by atoms with Crippen LogP contribution < -0.4 is 0 Å². The average Bonchev–Trinajstić information content (AvgIpc) is 2.97. The third kappa shape index (κ3) is 6.97. The molecule has 0 aromatic rings. The van der Waals surface area contributed by atoms with E-state index in [1.54, 1.807) is 0 Å². The van der Waals surface area contributed by atoms with Gasteiger partial charge < -0.3 is 5.11 Å². The Bertz CT molecular complexity index is 651. The summed E-state index contributed by atoms with van der Waals surface area (Å²) in [7, 11) is -3.31. The van der Waals surface area contributed by atoms with E-state index in [0.29, 0.717) is 0 Å². The van der Waals surface area contributed by atoms with E-state index >= 15 is 0 Å². The van der Waals surface area contributed by atoms with E-state index in [0.717, 1.165) is 32.1 Å². The standard InChI is InChI=1S/C24H42OSi2/c1-10-11-12-13-15-20-16-14-17-21(20)23(25)22(18-19-26(5,6)7)27(8,9)24(2,3)4/h22-23,25H,10-12,14,16-17H2,1-9H3/t22-,23+/m1/s1. The highest BCUT2D eigenvalue weighted by atomic mass is 28.3. The number of allylic oxidation sites excluding steroid dienone is 1. The smallest absolute Gasteiger partial charge is 0.129 e. The molecule has 0 bridgehead atoms. The van der Waals surface area contributed by atoms with Crippen LogP contribution in [0.3, 0.4) is 0 Å². The van der Waals surface area contributed by atoms with E-state index in [4.69, 9.17) is 0 Å². The van der Waals surface area contributed by atoms with E-state index in [2.05, 4.69) is 83.7 Å². The lowest BCUT2D eigenvalue weighted by atomic mass is 10.0. The molecule has 0 aromatic heterocycles. The Kier molecular flexibility index (Phi) is 8.67. The van der Waals surface area contributed by atoms with Crippen LogP contribution in [-0.2, 0) is 0 Å². The normalized spacial score (nSPS) is 17.7. The number of aliphatic hydroxyl groups is 1. The quantitative estimate of drug-likeness (QED) is 0.305. The van der Waals surface area contributed by atoms with Gasteiger partial charge in [-0.3, -0.25) is 0 Å². The lowest BCUT2D eigenvalue weighted by Crippen LogP contribution is -2.47. The van der Waals surface area contributed by atoms with Gasteiger partial charge in [-0.25, -0.2) is 0 Å². The van der Waals surface area contributed by atoms with Crippen molar-refractivity contribution in [2.75, 3.05) is 0 Å². The van der Waals surface area contributed by atoms with Crippen molar-refractivity contribution in [1.29, 1.82) is 0 Å². The number of hydrogen-bond acceptors (Lipinski definition) is 1. The van der Waals surface area contributed by atoms with E-state index in [1.807, 2.05) is 0 Å². The van der Waals surface area contributed by atoms with Crippen LogP contribution in [0.4, 0.5) is 0 Å². The summed E-state index contributed by atoms with van der Waals surface area (Å²) < 4.78 is 0. The van der Waals surface area contributed by atoms with Gasteiger partial charge in [-0.2, -0.15) is 0 Å². The fraction of sp³-hybridized carbons (Fsp3) is 0.750. The highest BCUT2D eigenvalue weighted by molar-refractivity contribution is 6.85. The van der Waals surface area contributed by atoms with E-state index < -0.39 is 22.3 Å². The maximum Gasteiger partial charge on any atom is 0.129 e. The largest absolute Gasteiger partial charge is 0.388 e. The molecule has 0 fully saturated rings. The average molecular weight is 403 g/mol. The highest BCUT2D eigenvalue weighted by Crippen LogP contribution is 2.47. The van der Waals surface area contributed by atoms with Crippen molar-refractivity contribution >= 4 is 16.1 Å². The molecule has 1 aliphatic rings. The summed E-state index contributed by atoms with van der Waals surface area (Å²) in [6.07, 6.45) is 5.98. The molecule has 0 aromatic carbocycles. The first-order valence-electron chi connectivity index (χ1n) is 10.7. The Balaban J connectivity index is 3.31. The van der Waals surface area contributed by atoms with Gasteiger partial charge >= 0.3 is 0 Å². The molecule has 27 heavy (non-hydrogen) atoms. The van der Waals surface area contributed by atoms with Crippen molar-refractivity contribution in [3.05, 3.63) is 11.1 Å². The van der Waals surface area contributed by atoms with Gasteiger partial charge in [0, 0.05) is 17.5 Å². The first-order valence-corrected chi connectivity index (χ1v) is 17.3. The molecule has 2 atom stereocenters. The minimum Gasteiger partial charge on any atom is -0.388 e. The number of aliphatic hydroxyl groups excluding tert-OH is 1. The van der Waals surface area contributed by atoms with Gasteiger partial charge in [0.05, 0.1) is 14.2 Å². The fourth-order valence-corrected chi connectivity index (χ4v) is 6.38. The van der Waals surface area contributed by atoms with E-state index in [1.165, 1.54) is 17.6 Å². The zero-order valence-corrected chi connectivity index (χ0v) is 21.3. The van der Waals surface area contributed by atoms with Gasteiger partial charge in [0.15, 0.2) is 0 Å². The van der Waals surface area contributed by atoms with Crippen molar-refractivity contribution in [2.24, 2.45) is 0 Å². The monoisotopic (exact) mass is 402 g/mol. The summed E-state index contributed by atoms with van der Waals surface area (Å²) in [5, 5.41) is 11.7. The van der Waals surface area contributed by atoms with Crippen LogP contribution >= 0.6 is 0 Å². The van der Waals surface area contributed by atoms with Crippen LogP contribution in [0.25, 0.3) is 0 Å². The molecule has 1 rings (SSSR count). The second-order valence-electron chi connectivity index (χ2n) is 10.7. The molecule has 0 saturated heterocycles. The molecule has 0 saturated carbocycles. The minimum atomic E-state index is -1.82. The fourth-order valence-electron chi connectivity index (χ4n) is 3.29. The predicted molar refractivity (Wildman–Crippen MR) is 126 cm³/mol. The van der Waals surface area contributed by atoms with Gasteiger partial charge in [-0.05, 0) is 36.3 Å². The molecular weight excluding hydrogens is 360 g/mol. The SMILES string of the molecule is CCCCC#CC1=C([C@H](O)[C@@H](C#C[Si](C)(C)C)[Si](C)(C)C(C)(C)C)CCC1. The van der Waals surface area contributed by atoms with Crippen molar-refractivity contribution in [3.63, 3.8) is 0 Å². The molecule has 3 heteroatoms. The third-order valence-electron chi connectivity index (χ3n) is 6.14. The van der Waals surface area contributed by atoms with Crippen molar-refractivity contribution in [2.45, 2.75) is 116 Å². The zero-order valence-electron chi connectivity index (χ0n) is 19.3.